The van der Waals surface area contributed by atoms with Gasteiger partial charge in [0.2, 0.25) is 5.91 Å². The highest BCUT2D eigenvalue weighted by Crippen LogP contribution is 2.22. The molecule has 0 aliphatic heterocycles. The molecule has 1 aromatic carbocycles. The van der Waals surface area contributed by atoms with Crippen LogP contribution in [0.2, 0.25) is 5.02 Å². The Morgan fingerprint density at radius 3 is 2.85 bits per heavy atom. The number of hydrogen-bond donors (Lipinski definition) is 2. The molecule has 0 saturated heterocycles. The molecule has 0 heterocycles. The van der Waals surface area contributed by atoms with Crippen molar-refractivity contribution in [2.75, 3.05) is 0 Å². The minimum absolute atomic E-state index is 0.0573. The second-order valence-corrected chi connectivity index (χ2v) is 2.88. The van der Waals surface area contributed by atoms with Crippen molar-refractivity contribution in [3.05, 3.63) is 34.9 Å². The van der Waals surface area contributed by atoms with Crippen molar-refractivity contribution in [2.45, 2.75) is 0 Å². The highest BCUT2D eigenvalue weighted by Gasteiger charge is 1.97. The zero-order valence-electron chi connectivity index (χ0n) is 6.70. The number of benzene rings is 1. The standard InChI is InChI=1S/C9H8ClNO2/c10-7-2-3-8(12)6(5-7)1-4-9(11)13/h1-5,12H,(H2,11,13)/b4-1+. The van der Waals surface area contributed by atoms with E-state index in [2.05, 4.69) is 0 Å². The van der Waals surface area contributed by atoms with Gasteiger partial charge in [0.25, 0.3) is 0 Å². The Kier molecular flexibility index (Phi) is 2.93. The van der Waals surface area contributed by atoms with Gasteiger partial charge in [0, 0.05) is 16.7 Å². The Morgan fingerprint density at radius 1 is 1.54 bits per heavy atom. The first-order valence-electron chi connectivity index (χ1n) is 3.55. The summed E-state index contributed by atoms with van der Waals surface area (Å²) >= 11 is 5.67. The smallest absolute Gasteiger partial charge is 0.241 e. The second kappa shape index (κ2) is 3.96. The van der Waals surface area contributed by atoms with Crippen LogP contribution >= 0.6 is 11.6 Å². The summed E-state index contributed by atoms with van der Waals surface area (Å²) in [6, 6.07) is 4.54. The number of hydrogen-bond acceptors (Lipinski definition) is 2. The van der Waals surface area contributed by atoms with Gasteiger partial charge in [-0.2, -0.15) is 0 Å². The van der Waals surface area contributed by atoms with Crippen LogP contribution < -0.4 is 5.73 Å². The molecule has 0 aliphatic rings. The average Bonchev–Trinajstić information content (AvgIpc) is 2.06. The van der Waals surface area contributed by atoms with Crippen LogP contribution in [0.15, 0.2) is 24.3 Å². The molecule has 0 atom stereocenters. The minimum Gasteiger partial charge on any atom is -0.507 e. The van der Waals surface area contributed by atoms with Crippen molar-refractivity contribution in [3.63, 3.8) is 0 Å². The van der Waals surface area contributed by atoms with Crippen LogP contribution in [0, 0.1) is 0 Å². The molecule has 1 rings (SSSR count). The van der Waals surface area contributed by atoms with E-state index in [4.69, 9.17) is 17.3 Å². The van der Waals surface area contributed by atoms with E-state index in [-0.39, 0.29) is 5.75 Å². The highest BCUT2D eigenvalue weighted by molar-refractivity contribution is 6.30. The number of phenolic OH excluding ortho intramolecular Hbond substituents is 1. The Hall–Kier alpha value is -1.48. The number of rotatable bonds is 2. The molecule has 13 heavy (non-hydrogen) atoms. The van der Waals surface area contributed by atoms with Gasteiger partial charge in [-0.15, -0.1) is 0 Å². The number of phenols is 1. The monoisotopic (exact) mass is 197 g/mol. The number of carbonyl (C=O) groups is 1. The van der Waals surface area contributed by atoms with Gasteiger partial charge >= 0.3 is 0 Å². The summed E-state index contributed by atoms with van der Waals surface area (Å²) in [5.41, 5.74) is 5.35. The fraction of sp³-hybridized carbons (Fsp3) is 0. The molecular weight excluding hydrogens is 190 g/mol. The van der Waals surface area contributed by atoms with E-state index in [1.165, 1.54) is 18.2 Å². The highest BCUT2D eigenvalue weighted by atomic mass is 35.5. The zero-order valence-corrected chi connectivity index (χ0v) is 7.45. The first-order chi connectivity index (χ1) is 6.09. The number of carbonyl (C=O) groups excluding carboxylic acids is 1. The summed E-state index contributed by atoms with van der Waals surface area (Å²) in [6.45, 7) is 0. The summed E-state index contributed by atoms with van der Waals surface area (Å²) in [5, 5.41) is 9.77. The molecule has 3 nitrogen and oxygen atoms in total. The quantitative estimate of drug-likeness (QED) is 0.707. The fourth-order valence-electron chi connectivity index (χ4n) is 0.831. The molecule has 3 N–H and O–H groups in total. The molecule has 0 bridgehead atoms. The largest absolute Gasteiger partial charge is 0.507 e. The van der Waals surface area contributed by atoms with Crippen LogP contribution in [-0.4, -0.2) is 11.0 Å². The summed E-state index contributed by atoms with van der Waals surface area (Å²) < 4.78 is 0. The number of aromatic hydroxyl groups is 1. The molecule has 68 valence electrons. The Morgan fingerprint density at radius 2 is 2.23 bits per heavy atom. The third kappa shape index (κ3) is 2.80. The molecule has 4 heteroatoms. The van der Waals surface area contributed by atoms with Crippen molar-refractivity contribution >= 4 is 23.6 Å². The lowest BCUT2D eigenvalue weighted by Crippen LogP contribution is -2.05. The Balaban J connectivity index is 3.00. The Labute approximate surface area is 80.4 Å². The molecule has 0 aromatic heterocycles. The normalized spacial score (nSPS) is 10.5. The summed E-state index contributed by atoms with van der Waals surface area (Å²) in [7, 11) is 0. The zero-order chi connectivity index (χ0) is 9.84. The van der Waals surface area contributed by atoms with E-state index in [1.807, 2.05) is 0 Å². The van der Waals surface area contributed by atoms with Gasteiger partial charge in [-0.25, -0.2) is 0 Å². The number of nitrogens with two attached hydrogens (primary N) is 1. The Bertz CT molecular complexity index is 361. The van der Waals surface area contributed by atoms with E-state index >= 15 is 0 Å². The van der Waals surface area contributed by atoms with Gasteiger partial charge in [0.1, 0.15) is 5.75 Å². The van der Waals surface area contributed by atoms with Gasteiger partial charge in [0.05, 0.1) is 0 Å². The van der Waals surface area contributed by atoms with Crippen LogP contribution in [0.3, 0.4) is 0 Å². The van der Waals surface area contributed by atoms with Gasteiger partial charge in [-0.05, 0) is 24.3 Å². The number of halogens is 1. The third-order valence-electron chi connectivity index (χ3n) is 1.42. The van der Waals surface area contributed by atoms with Crippen molar-refractivity contribution in [1.29, 1.82) is 0 Å². The van der Waals surface area contributed by atoms with Gasteiger partial charge in [-0.3, -0.25) is 4.79 Å². The van der Waals surface area contributed by atoms with Crippen LogP contribution in [0.1, 0.15) is 5.56 Å². The number of primary amides is 1. The van der Waals surface area contributed by atoms with Crippen LogP contribution in [0.25, 0.3) is 6.08 Å². The van der Waals surface area contributed by atoms with Gasteiger partial charge in [0.15, 0.2) is 0 Å². The maximum atomic E-state index is 10.4. The first-order valence-corrected chi connectivity index (χ1v) is 3.93. The maximum Gasteiger partial charge on any atom is 0.241 e. The van der Waals surface area contributed by atoms with E-state index in [0.29, 0.717) is 10.6 Å². The summed E-state index contributed by atoms with van der Waals surface area (Å²) in [5.74, 6) is -0.513. The molecule has 0 saturated carbocycles. The molecule has 1 amide bonds. The predicted octanol–water partition coefficient (Wildman–Crippen LogP) is 1.54. The lowest BCUT2D eigenvalue weighted by atomic mass is 10.2. The summed E-state index contributed by atoms with van der Waals surface area (Å²) in [6.07, 6.45) is 2.56. The third-order valence-corrected chi connectivity index (χ3v) is 1.65. The number of amides is 1. The molecule has 0 radical (unpaired) electrons. The van der Waals surface area contributed by atoms with Crippen molar-refractivity contribution in [1.82, 2.24) is 0 Å². The van der Waals surface area contributed by atoms with Crippen LogP contribution in [0.4, 0.5) is 0 Å². The fourth-order valence-corrected chi connectivity index (χ4v) is 1.01. The van der Waals surface area contributed by atoms with Gasteiger partial charge in [-0.1, -0.05) is 11.6 Å². The molecule has 0 aliphatic carbocycles. The molecule has 0 spiro atoms. The maximum absolute atomic E-state index is 10.4. The van der Waals surface area contributed by atoms with Gasteiger partial charge < -0.3 is 10.8 Å². The minimum atomic E-state index is -0.570. The molecule has 1 aromatic rings. The lowest BCUT2D eigenvalue weighted by Gasteiger charge is -1.98. The molecule has 0 unspecified atom stereocenters. The second-order valence-electron chi connectivity index (χ2n) is 2.44. The lowest BCUT2D eigenvalue weighted by molar-refractivity contribution is -0.113. The van der Waals surface area contributed by atoms with Crippen molar-refractivity contribution in [2.24, 2.45) is 5.73 Å². The first kappa shape index (κ1) is 9.61. The predicted molar refractivity (Wildman–Crippen MR) is 51.3 cm³/mol. The van der Waals surface area contributed by atoms with E-state index in [9.17, 15) is 9.90 Å². The average molecular weight is 198 g/mol. The van der Waals surface area contributed by atoms with E-state index < -0.39 is 5.91 Å². The van der Waals surface area contributed by atoms with Crippen LogP contribution in [0.5, 0.6) is 5.75 Å². The van der Waals surface area contributed by atoms with Crippen molar-refractivity contribution in [3.8, 4) is 5.75 Å². The van der Waals surface area contributed by atoms with E-state index in [0.717, 1.165) is 6.08 Å². The molecular formula is C9H8ClNO2. The topological polar surface area (TPSA) is 63.3 Å². The summed E-state index contributed by atoms with van der Waals surface area (Å²) in [4.78, 5) is 10.4. The SMILES string of the molecule is NC(=O)/C=C/c1cc(Cl)ccc1O. The molecule has 0 fully saturated rings. The van der Waals surface area contributed by atoms with E-state index in [1.54, 1.807) is 6.07 Å². The van der Waals surface area contributed by atoms with Crippen molar-refractivity contribution < 1.29 is 9.90 Å². The van der Waals surface area contributed by atoms with Crippen LogP contribution in [-0.2, 0) is 4.79 Å².